The third kappa shape index (κ3) is 3.98. The van der Waals surface area contributed by atoms with Crippen molar-refractivity contribution in [2.45, 2.75) is 0 Å². The normalized spacial score (nSPS) is 11.8. The Labute approximate surface area is 270 Å². The second kappa shape index (κ2) is 10.1. The minimum absolute atomic E-state index is 0.841. The Bertz CT molecular complexity index is 2740. The van der Waals surface area contributed by atoms with Gasteiger partial charge in [0.05, 0.1) is 40.0 Å². The molecule has 0 unspecified atom stereocenters. The summed E-state index contributed by atoms with van der Waals surface area (Å²) in [5.74, 6) is 0. The molecule has 4 heteroatoms. The molecule has 47 heavy (non-hydrogen) atoms. The van der Waals surface area contributed by atoms with Crippen molar-refractivity contribution in [3.63, 3.8) is 0 Å². The summed E-state index contributed by atoms with van der Waals surface area (Å²) in [7, 11) is 0. The molecule has 6 aromatic carbocycles. The van der Waals surface area contributed by atoms with Crippen molar-refractivity contribution in [1.29, 1.82) is 0 Å². The van der Waals surface area contributed by atoms with Gasteiger partial charge in [0.2, 0.25) is 0 Å². The molecule has 0 saturated heterocycles. The van der Waals surface area contributed by atoms with Crippen LogP contribution in [0.3, 0.4) is 0 Å². The number of nitrogens with zero attached hydrogens (tertiary/aromatic N) is 4. The van der Waals surface area contributed by atoms with Gasteiger partial charge in [0.1, 0.15) is 0 Å². The van der Waals surface area contributed by atoms with Crippen molar-refractivity contribution >= 4 is 54.1 Å². The highest BCUT2D eigenvalue weighted by Gasteiger charge is 2.15. The van der Waals surface area contributed by atoms with Gasteiger partial charge in [0, 0.05) is 33.8 Å². The van der Waals surface area contributed by atoms with E-state index < -0.39 is 0 Å². The first kappa shape index (κ1) is 25.9. The second-order valence-corrected chi connectivity index (χ2v) is 12.1. The average Bonchev–Trinajstić information content (AvgIpc) is 3.48. The van der Waals surface area contributed by atoms with E-state index in [2.05, 4.69) is 143 Å². The van der Waals surface area contributed by atoms with Crippen molar-refractivity contribution in [3.05, 3.63) is 158 Å². The van der Waals surface area contributed by atoms with E-state index in [1.807, 2.05) is 24.5 Å². The maximum atomic E-state index is 5.18. The fraction of sp³-hybridized carbons (Fsp3) is 0. The highest BCUT2D eigenvalue weighted by atomic mass is 15.0. The van der Waals surface area contributed by atoms with Crippen LogP contribution < -0.4 is 0 Å². The third-order valence-corrected chi connectivity index (χ3v) is 9.44. The molecule has 0 fully saturated rings. The number of pyridine rings is 3. The van der Waals surface area contributed by atoms with E-state index in [9.17, 15) is 0 Å². The standard InChI is InChI=1S/C43H26N4/c1-2-16-40-33(11-1)34-23-24-44-26-41(34)47(40)31-10-4-9-30(25-31)36-12-5-14-38(45-36)39-15-6-13-37(46-39)32-21-19-29-18-17-27-7-3-8-28-20-22-35(32)43(29)42(27)28/h1-26H. The summed E-state index contributed by atoms with van der Waals surface area (Å²) in [6.45, 7) is 0. The zero-order chi connectivity index (χ0) is 30.9. The second-order valence-electron chi connectivity index (χ2n) is 12.1. The molecule has 0 amide bonds. The molecule has 10 rings (SSSR count). The molecule has 0 aliphatic carbocycles. The van der Waals surface area contributed by atoms with Crippen LogP contribution in [0.1, 0.15) is 0 Å². The SMILES string of the molecule is c1cc(-c2cccc(-c3cccc(-c4ccc5ccc6cccc7ccc4c5c67)n3)n2)cc(-n2c3ccccc3c3ccncc32)c1. The number of hydrogen-bond donors (Lipinski definition) is 0. The number of hydrogen-bond acceptors (Lipinski definition) is 3. The van der Waals surface area contributed by atoms with Gasteiger partial charge in [-0.1, -0.05) is 97.1 Å². The van der Waals surface area contributed by atoms with Crippen molar-refractivity contribution in [2.24, 2.45) is 0 Å². The monoisotopic (exact) mass is 598 g/mol. The van der Waals surface area contributed by atoms with Crippen LogP contribution in [0.15, 0.2) is 158 Å². The Kier molecular flexibility index (Phi) is 5.54. The molecule has 0 bridgehead atoms. The summed E-state index contributed by atoms with van der Waals surface area (Å²) in [5, 5.41) is 10.0. The lowest BCUT2D eigenvalue weighted by Gasteiger charge is -2.14. The van der Waals surface area contributed by atoms with E-state index >= 15 is 0 Å². The molecule has 0 N–H and O–H groups in total. The number of benzene rings is 6. The van der Waals surface area contributed by atoms with Gasteiger partial charge in [0.15, 0.2) is 0 Å². The highest BCUT2D eigenvalue weighted by molar-refractivity contribution is 6.25. The lowest BCUT2D eigenvalue weighted by atomic mass is 9.91. The maximum absolute atomic E-state index is 5.18. The van der Waals surface area contributed by atoms with E-state index in [0.717, 1.165) is 50.6 Å². The first-order valence-corrected chi connectivity index (χ1v) is 15.9. The Balaban J connectivity index is 1.07. The van der Waals surface area contributed by atoms with Gasteiger partial charge < -0.3 is 4.57 Å². The topological polar surface area (TPSA) is 43.6 Å². The predicted molar refractivity (Wildman–Crippen MR) is 194 cm³/mol. The van der Waals surface area contributed by atoms with E-state index in [0.29, 0.717) is 0 Å². The van der Waals surface area contributed by atoms with Crippen LogP contribution >= 0.6 is 0 Å². The summed E-state index contributed by atoms with van der Waals surface area (Å²) < 4.78 is 2.28. The van der Waals surface area contributed by atoms with Crippen LogP contribution in [0, 0.1) is 0 Å². The molecular weight excluding hydrogens is 573 g/mol. The molecule has 4 aromatic heterocycles. The Morgan fingerprint density at radius 1 is 0.426 bits per heavy atom. The smallest absolute Gasteiger partial charge is 0.0893 e. The fourth-order valence-corrected chi connectivity index (χ4v) is 7.32. The third-order valence-electron chi connectivity index (χ3n) is 9.44. The summed E-state index contributed by atoms with van der Waals surface area (Å²) >= 11 is 0. The van der Waals surface area contributed by atoms with Gasteiger partial charge in [-0.25, -0.2) is 9.97 Å². The number of aromatic nitrogens is 4. The zero-order valence-electron chi connectivity index (χ0n) is 25.3. The fourth-order valence-electron chi connectivity index (χ4n) is 7.32. The zero-order valence-corrected chi connectivity index (χ0v) is 25.3. The first-order chi connectivity index (χ1) is 23.3. The van der Waals surface area contributed by atoms with E-state index in [-0.39, 0.29) is 0 Å². The lowest BCUT2D eigenvalue weighted by Crippen LogP contribution is -1.96. The minimum Gasteiger partial charge on any atom is -0.308 e. The quantitative estimate of drug-likeness (QED) is 0.189. The molecule has 0 radical (unpaired) electrons. The minimum atomic E-state index is 0.841. The van der Waals surface area contributed by atoms with Gasteiger partial charge >= 0.3 is 0 Å². The van der Waals surface area contributed by atoms with Crippen LogP contribution in [0.2, 0.25) is 0 Å². The van der Waals surface area contributed by atoms with Gasteiger partial charge in [-0.15, -0.1) is 0 Å². The predicted octanol–water partition coefficient (Wildman–Crippen LogP) is 10.9. The molecule has 218 valence electrons. The maximum Gasteiger partial charge on any atom is 0.0893 e. The van der Waals surface area contributed by atoms with Crippen LogP contribution in [-0.2, 0) is 0 Å². The summed E-state index contributed by atoms with van der Waals surface area (Å²) in [4.78, 5) is 14.8. The molecule has 4 heterocycles. The molecule has 0 atom stereocenters. The van der Waals surface area contributed by atoms with Gasteiger partial charge in [0.25, 0.3) is 0 Å². The van der Waals surface area contributed by atoms with Crippen molar-refractivity contribution in [3.8, 4) is 39.6 Å². The van der Waals surface area contributed by atoms with Gasteiger partial charge in [-0.2, -0.15) is 0 Å². The number of fused-ring (bicyclic) bond motifs is 3. The summed E-state index contributed by atoms with van der Waals surface area (Å²) in [5.41, 5.74) is 9.01. The van der Waals surface area contributed by atoms with Crippen LogP contribution in [0.4, 0.5) is 0 Å². The van der Waals surface area contributed by atoms with Crippen molar-refractivity contribution in [2.75, 3.05) is 0 Å². The summed E-state index contributed by atoms with van der Waals surface area (Å²) in [6, 6.07) is 51.5. The highest BCUT2D eigenvalue weighted by Crippen LogP contribution is 2.39. The number of para-hydroxylation sites is 1. The van der Waals surface area contributed by atoms with Crippen LogP contribution in [-0.4, -0.2) is 19.5 Å². The van der Waals surface area contributed by atoms with E-state index in [1.165, 1.54) is 43.1 Å². The van der Waals surface area contributed by atoms with Crippen molar-refractivity contribution in [1.82, 2.24) is 19.5 Å². The van der Waals surface area contributed by atoms with E-state index in [4.69, 9.17) is 9.97 Å². The van der Waals surface area contributed by atoms with E-state index in [1.54, 1.807) is 0 Å². The Morgan fingerprint density at radius 2 is 1.09 bits per heavy atom. The summed E-state index contributed by atoms with van der Waals surface area (Å²) in [6.07, 6.45) is 3.80. The van der Waals surface area contributed by atoms with Crippen molar-refractivity contribution < 1.29 is 0 Å². The molecule has 10 aromatic rings. The number of rotatable bonds is 4. The van der Waals surface area contributed by atoms with Gasteiger partial charge in [-0.3, -0.25) is 4.98 Å². The molecule has 0 aliphatic rings. The Hall–Kier alpha value is -6.39. The molecule has 0 saturated carbocycles. The molecule has 4 nitrogen and oxygen atoms in total. The molecular formula is C43H26N4. The Morgan fingerprint density at radius 3 is 1.96 bits per heavy atom. The average molecular weight is 599 g/mol. The lowest BCUT2D eigenvalue weighted by molar-refractivity contribution is 1.16. The van der Waals surface area contributed by atoms with Gasteiger partial charge in [-0.05, 0) is 80.8 Å². The molecule has 0 aliphatic heterocycles. The largest absolute Gasteiger partial charge is 0.308 e. The van der Waals surface area contributed by atoms with Crippen LogP contribution in [0.25, 0.3) is 93.7 Å². The first-order valence-electron chi connectivity index (χ1n) is 15.9. The molecule has 0 spiro atoms. The van der Waals surface area contributed by atoms with Crippen LogP contribution in [0.5, 0.6) is 0 Å².